The van der Waals surface area contributed by atoms with Gasteiger partial charge in [-0.2, -0.15) is 10.5 Å². The van der Waals surface area contributed by atoms with Gasteiger partial charge in [0.1, 0.15) is 18.2 Å². The van der Waals surface area contributed by atoms with Crippen LogP contribution < -0.4 is 5.32 Å². The average molecular weight is 217 g/mol. The van der Waals surface area contributed by atoms with Crippen molar-refractivity contribution in [2.45, 2.75) is 19.9 Å². The summed E-state index contributed by atoms with van der Waals surface area (Å²) in [5.74, 6) is -0.208. The molecule has 0 bridgehead atoms. The largest absolute Gasteiger partial charge is 0.355 e. The van der Waals surface area contributed by atoms with E-state index < -0.39 is 6.04 Å². The normalized spacial score (nSPS) is 11.2. The number of hydrogen-bond acceptors (Lipinski definition) is 4. The number of amides is 1. The maximum Gasteiger partial charge on any atom is 0.242 e. The van der Waals surface area contributed by atoms with Gasteiger partial charge in [0.25, 0.3) is 0 Å². The maximum atomic E-state index is 11.6. The zero-order chi connectivity index (χ0) is 12.1. The Morgan fingerprint density at radius 3 is 2.81 bits per heavy atom. The van der Waals surface area contributed by atoms with E-state index >= 15 is 0 Å². The molecule has 0 aromatic carbocycles. The van der Waals surface area contributed by atoms with Crippen LogP contribution in [-0.4, -0.2) is 22.0 Å². The van der Waals surface area contributed by atoms with Crippen LogP contribution in [0.15, 0.2) is 6.33 Å². The number of nitriles is 2. The molecule has 1 aromatic rings. The highest BCUT2D eigenvalue weighted by Crippen LogP contribution is 2.12. The molecule has 0 radical (unpaired) electrons. The minimum Gasteiger partial charge on any atom is -0.355 e. The van der Waals surface area contributed by atoms with E-state index in [0.29, 0.717) is 6.54 Å². The molecule has 0 spiro atoms. The van der Waals surface area contributed by atoms with E-state index in [1.165, 1.54) is 10.9 Å². The van der Waals surface area contributed by atoms with Gasteiger partial charge in [-0.3, -0.25) is 4.79 Å². The third-order valence-electron chi connectivity index (χ3n) is 2.15. The van der Waals surface area contributed by atoms with Gasteiger partial charge in [0, 0.05) is 6.54 Å². The van der Waals surface area contributed by atoms with Crippen molar-refractivity contribution in [1.82, 2.24) is 14.9 Å². The van der Waals surface area contributed by atoms with Crippen LogP contribution in [0.25, 0.3) is 0 Å². The quantitative estimate of drug-likeness (QED) is 0.788. The number of likely N-dealkylation sites (N-methyl/N-ethyl adjacent to an activating group) is 1. The Morgan fingerprint density at radius 1 is 1.62 bits per heavy atom. The van der Waals surface area contributed by atoms with Gasteiger partial charge in [0.2, 0.25) is 5.91 Å². The molecule has 1 amide bonds. The van der Waals surface area contributed by atoms with E-state index in [9.17, 15) is 4.79 Å². The summed E-state index contributed by atoms with van der Waals surface area (Å²) in [5.41, 5.74) is 0.153. The van der Waals surface area contributed by atoms with Gasteiger partial charge in [0.05, 0.1) is 6.33 Å². The monoisotopic (exact) mass is 217 g/mol. The molecule has 0 aliphatic rings. The predicted octanol–water partition coefficient (Wildman–Crippen LogP) is 0.324. The van der Waals surface area contributed by atoms with E-state index in [-0.39, 0.29) is 17.3 Å². The highest BCUT2D eigenvalue weighted by atomic mass is 16.2. The van der Waals surface area contributed by atoms with Gasteiger partial charge in [-0.15, -0.1) is 0 Å². The minimum absolute atomic E-state index is 0.0404. The van der Waals surface area contributed by atoms with Crippen molar-refractivity contribution in [2.75, 3.05) is 6.54 Å². The second-order valence-corrected chi connectivity index (χ2v) is 3.14. The summed E-state index contributed by atoms with van der Waals surface area (Å²) in [4.78, 5) is 15.3. The molecule has 16 heavy (non-hydrogen) atoms. The molecule has 1 rings (SSSR count). The minimum atomic E-state index is -0.552. The third-order valence-corrected chi connectivity index (χ3v) is 2.15. The van der Waals surface area contributed by atoms with Gasteiger partial charge in [-0.25, -0.2) is 4.98 Å². The Hall–Kier alpha value is -2.34. The predicted molar refractivity (Wildman–Crippen MR) is 55.1 cm³/mol. The van der Waals surface area contributed by atoms with Crippen LogP contribution in [0, 0.1) is 22.7 Å². The summed E-state index contributed by atoms with van der Waals surface area (Å²) >= 11 is 0. The molecule has 6 nitrogen and oxygen atoms in total. The van der Waals surface area contributed by atoms with Crippen LogP contribution in [0.1, 0.15) is 31.3 Å². The Bertz CT molecular complexity index is 476. The van der Waals surface area contributed by atoms with Crippen molar-refractivity contribution in [2.24, 2.45) is 0 Å². The average Bonchev–Trinajstić information content (AvgIpc) is 2.70. The molecule has 0 aliphatic carbocycles. The molecule has 82 valence electrons. The number of imidazole rings is 1. The molecule has 1 unspecified atom stereocenters. The topological polar surface area (TPSA) is 94.5 Å². The molecule has 1 aromatic heterocycles. The Kier molecular flexibility index (Phi) is 3.62. The van der Waals surface area contributed by atoms with Gasteiger partial charge in [0.15, 0.2) is 11.4 Å². The van der Waals surface area contributed by atoms with Crippen molar-refractivity contribution in [3.63, 3.8) is 0 Å². The third kappa shape index (κ3) is 2.01. The lowest BCUT2D eigenvalue weighted by Crippen LogP contribution is -2.31. The molecule has 1 N–H and O–H groups in total. The molecule has 0 saturated heterocycles. The van der Waals surface area contributed by atoms with Crippen LogP contribution in [0.2, 0.25) is 0 Å². The lowest BCUT2D eigenvalue weighted by molar-refractivity contribution is -0.123. The summed E-state index contributed by atoms with van der Waals surface area (Å²) in [5, 5.41) is 20.2. The van der Waals surface area contributed by atoms with E-state index in [2.05, 4.69) is 10.3 Å². The smallest absolute Gasteiger partial charge is 0.242 e. The lowest BCUT2D eigenvalue weighted by atomic mass is 10.2. The second-order valence-electron chi connectivity index (χ2n) is 3.14. The van der Waals surface area contributed by atoms with Crippen LogP contribution in [0.4, 0.5) is 0 Å². The van der Waals surface area contributed by atoms with Crippen LogP contribution >= 0.6 is 0 Å². The Labute approximate surface area is 93.1 Å². The van der Waals surface area contributed by atoms with Crippen molar-refractivity contribution < 1.29 is 4.79 Å². The molecule has 1 heterocycles. The van der Waals surface area contributed by atoms with E-state index in [4.69, 9.17) is 10.5 Å². The molecule has 1 atom stereocenters. The SMILES string of the molecule is CCNC(=O)C(C)n1cnc(C#N)c1C#N. The van der Waals surface area contributed by atoms with Crippen molar-refractivity contribution in [3.05, 3.63) is 17.7 Å². The standard InChI is InChI=1S/C10H11N5O/c1-3-13-10(16)7(2)15-6-14-8(4-11)9(15)5-12/h6-7H,3H2,1-2H3,(H,13,16). The molecule has 0 saturated carbocycles. The van der Waals surface area contributed by atoms with E-state index in [1.807, 2.05) is 13.0 Å². The number of carbonyl (C=O) groups excluding carboxylic acids is 1. The molecule has 0 aliphatic heterocycles. The van der Waals surface area contributed by atoms with E-state index in [0.717, 1.165) is 0 Å². The first-order chi connectivity index (χ1) is 7.65. The molecule has 6 heteroatoms. The number of aromatic nitrogens is 2. The highest BCUT2D eigenvalue weighted by Gasteiger charge is 2.19. The molecular weight excluding hydrogens is 206 g/mol. The van der Waals surface area contributed by atoms with Crippen LogP contribution in [0.5, 0.6) is 0 Å². The van der Waals surface area contributed by atoms with Crippen LogP contribution in [0.3, 0.4) is 0 Å². The number of carbonyl (C=O) groups is 1. The molecule has 0 fully saturated rings. The number of hydrogen-bond donors (Lipinski definition) is 1. The summed E-state index contributed by atoms with van der Waals surface area (Å²) in [6.07, 6.45) is 1.33. The summed E-state index contributed by atoms with van der Waals surface area (Å²) in [7, 11) is 0. The molecular formula is C10H11N5O. The van der Waals surface area contributed by atoms with Gasteiger partial charge >= 0.3 is 0 Å². The zero-order valence-electron chi connectivity index (χ0n) is 9.06. The maximum absolute atomic E-state index is 11.6. The highest BCUT2D eigenvalue weighted by molar-refractivity contribution is 5.80. The fourth-order valence-corrected chi connectivity index (χ4v) is 1.30. The summed E-state index contributed by atoms with van der Waals surface area (Å²) in [6.45, 7) is 3.98. The second kappa shape index (κ2) is 4.94. The zero-order valence-corrected chi connectivity index (χ0v) is 9.06. The first kappa shape index (κ1) is 11.7. The Morgan fingerprint density at radius 2 is 2.31 bits per heavy atom. The van der Waals surface area contributed by atoms with Crippen molar-refractivity contribution in [1.29, 1.82) is 10.5 Å². The fraction of sp³-hybridized carbons (Fsp3) is 0.400. The van der Waals surface area contributed by atoms with Crippen LogP contribution in [-0.2, 0) is 4.79 Å². The van der Waals surface area contributed by atoms with Gasteiger partial charge in [-0.1, -0.05) is 0 Å². The van der Waals surface area contributed by atoms with E-state index in [1.54, 1.807) is 13.0 Å². The number of nitrogens with zero attached hydrogens (tertiary/aromatic N) is 4. The van der Waals surface area contributed by atoms with Gasteiger partial charge < -0.3 is 9.88 Å². The van der Waals surface area contributed by atoms with Crippen molar-refractivity contribution in [3.8, 4) is 12.1 Å². The fourth-order valence-electron chi connectivity index (χ4n) is 1.30. The summed E-state index contributed by atoms with van der Waals surface area (Å²) in [6, 6.07) is 3.13. The first-order valence-electron chi connectivity index (χ1n) is 4.80. The first-order valence-corrected chi connectivity index (χ1v) is 4.80. The van der Waals surface area contributed by atoms with Gasteiger partial charge in [-0.05, 0) is 13.8 Å². The lowest BCUT2D eigenvalue weighted by Gasteiger charge is -2.13. The summed E-state index contributed by atoms with van der Waals surface area (Å²) < 4.78 is 1.39. The van der Waals surface area contributed by atoms with Crippen molar-refractivity contribution >= 4 is 5.91 Å². The number of rotatable bonds is 3. The Balaban J connectivity index is 3.06. The number of nitrogens with one attached hydrogen (secondary N) is 1.